The first-order valence-electron chi connectivity index (χ1n) is 7.33. The third-order valence-electron chi connectivity index (χ3n) is 3.83. The van der Waals surface area contributed by atoms with Gasteiger partial charge in [-0.15, -0.1) is 0 Å². The number of carbonyl (C=O) groups is 2. The number of benzene rings is 1. The van der Waals surface area contributed by atoms with E-state index in [1.54, 1.807) is 6.07 Å². The summed E-state index contributed by atoms with van der Waals surface area (Å²) in [6, 6.07) is 5.55. The van der Waals surface area contributed by atoms with Crippen LogP contribution in [0.3, 0.4) is 0 Å². The Morgan fingerprint density at radius 3 is 2.64 bits per heavy atom. The van der Waals surface area contributed by atoms with Crippen molar-refractivity contribution in [3.63, 3.8) is 0 Å². The van der Waals surface area contributed by atoms with Gasteiger partial charge in [0.2, 0.25) is 0 Å². The second-order valence-electron chi connectivity index (χ2n) is 5.43. The predicted molar refractivity (Wildman–Crippen MR) is 77.9 cm³/mol. The van der Waals surface area contributed by atoms with Gasteiger partial charge in [0.05, 0.1) is 7.11 Å². The van der Waals surface area contributed by atoms with Gasteiger partial charge in [0, 0.05) is 6.07 Å². The zero-order chi connectivity index (χ0) is 16.0. The zero-order valence-electron chi connectivity index (χ0n) is 12.6. The van der Waals surface area contributed by atoms with Gasteiger partial charge in [-0.3, -0.25) is 4.79 Å². The van der Waals surface area contributed by atoms with Crippen LogP contribution in [-0.2, 0) is 14.3 Å². The Kier molecular flexibility index (Phi) is 5.35. The van der Waals surface area contributed by atoms with Crippen molar-refractivity contribution < 1.29 is 23.5 Å². The van der Waals surface area contributed by atoms with Gasteiger partial charge in [-0.25, -0.2) is 9.18 Å². The third-order valence-corrected chi connectivity index (χ3v) is 3.83. The summed E-state index contributed by atoms with van der Waals surface area (Å²) in [5, 5.41) is 2.74. The molecule has 5 nitrogen and oxygen atoms in total. The number of esters is 1. The summed E-state index contributed by atoms with van der Waals surface area (Å²) < 4.78 is 23.1. The van der Waals surface area contributed by atoms with Gasteiger partial charge in [-0.05, 0) is 25.0 Å². The lowest BCUT2D eigenvalue weighted by atomic mass is 9.81. The molecule has 1 aromatic rings. The molecule has 0 unspecified atom stereocenters. The lowest BCUT2D eigenvalue weighted by Gasteiger charge is -2.35. The summed E-state index contributed by atoms with van der Waals surface area (Å²) in [6.07, 6.45) is 3.88. The molecule has 1 saturated carbocycles. The summed E-state index contributed by atoms with van der Waals surface area (Å²) in [7, 11) is 1.31. The molecule has 0 aliphatic heterocycles. The fourth-order valence-corrected chi connectivity index (χ4v) is 2.74. The van der Waals surface area contributed by atoms with Crippen molar-refractivity contribution >= 4 is 11.9 Å². The molecule has 6 heteroatoms. The van der Waals surface area contributed by atoms with E-state index in [4.69, 9.17) is 9.47 Å². The molecule has 22 heavy (non-hydrogen) atoms. The molecule has 0 radical (unpaired) electrons. The smallest absolute Gasteiger partial charge is 0.331 e. The lowest BCUT2D eigenvalue weighted by Crippen LogP contribution is -2.57. The number of hydrogen-bond acceptors (Lipinski definition) is 4. The average molecular weight is 309 g/mol. The van der Waals surface area contributed by atoms with Gasteiger partial charge in [-0.2, -0.15) is 0 Å². The lowest BCUT2D eigenvalue weighted by molar-refractivity contribution is -0.152. The van der Waals surface area contributed by atoms with Gasteiger partial charge in [0.1, 0.15) is 17.1 Å². The van der Waals surface area contributed by atoms with E-state index in [-0.39, 0.29) is 12.4 Å². The molecule has 0 saturated heterocycles. The molecule has 0 spiro atoms. The number of hydrogen-bond donors (Lipinski definition) is 1. The van der Waals surface area contributed by atoms with E-state index in [2.05, 4.69) is 5.32 Å². The first kappa shape index (κ1) is 16.3. The SMILES string of the molecule is COC(=O)C1(NC(=O)COc2cccc(F)c2)CCCCC1. The van der Waals surface area contributed by atoms with E-state index < -0.39 is 23.2 Å². The molecule has 1 aliphatic rings. The van der Waals surface area contributed by atoms with Crippen molar-refractivity contribution in [2.24, 2.45) is 0 Å². The van der Waals surface area contributed by atoms with Crippen LogP contribution in [-0.4, -0.2) is 31.1 Å². The Morgan fingerprint density at radius 2 is 2.00 bits per heavy atom. The van der Waals surface area contributed by atoms with Crippen LogP contribution in [0.1, 0.15) is 32.1 Å². The van der Waals surface area contributed by atoms with Crippen LogP contribution < -0.4 is 10.1 Å². The van der Waals surface area contributed by atoms with E-state index in [9.17, 15) is 14.0 Å². The fraction of sp³-hybridized carbons (Fsp3) is 0.500. The van der Waals surface area contributed by atoms with Crippen LogP contribution in [0.25, 0.3) is 0 Å². The summed E-state index contributed by atoms with van der Waals surface area (Å²) in [4.78, 5) is 24.1. The van der Waals surface area contributed by atoms with E-state index in [1.165, 1.54) is 25.3 Å². The normalized spacial score (nSPS) is 16.6. The van der Waals surface area contributed by atoms with Crippen molar-refractivity contribution in [2.75, 3.05) is 13.7 Å². The fourth-order valence-electron chi connectivity index (χ4n) is 2.74. The molecular formula is C16H20FNO4. The number of methoxy groups -OCH3 is 1. The van der Waals surface area contributed by atoms with Crippen LogP contribution in [0.15, 0.2) is 24.3 Å². The van der Waals surface area contributed by atoms with Crippen LogP contribution in [0, 0.1) is 5.82 Å². The zero-order valence-corrected chi connectivity index (χ0v) is 12.6. The largest absolute Gasteiger partial charge is 0.484 e. The number of halogens is 1. The quantitative estimate of drug-likeness (QED) is 0.847. The number of amides is 1. The Morgan fingerprint density at radius 1 is 1.27 bits per heavy atom. The number of carbonyl (C=O) groups excluding carboxylic acids is 2. The highest BCUT2D eigenvalue weighted by atomic mass is 19.1. The molecule has 0 aromatic heterocycles. The van der Waals surface area contributed by atoms with Crippen molar-refractivity contribution in [3.8, 4) is 5.75 Å². The van der Waals surface area contributed by atoms with Crippen molar-refractivity contribution in [1.29, 1.82) is 0 Å². The topological polar surface area (TPSA) is 64.6 Å². The van der Waals surface area contributed by atoms with Crippen LogP contribution >= 0.6 is 0 Å². The van der Waals surface area contributed by atoms with Gasteiger partial charge in [0.25, 0.3) is 5.91 Å². The monoisotopic (exact) mass is 309 g/mol. The highest BCUT2D eigenvalue weighted by molar-refractivity contribution is 5.88. The predicted octanol–water partition coefficient (Wildman–Crippen LogP) is 2.20. The molecule has 1 fully saturated rings. The van der Waals surface area contributed by atoms with Gasteiger partial charge in [0.15, 0.2) is 6.61 Å². The molecule has 1 aliphatic carbocycles. The highest BCUT2D eigenvalue weighted by Gasteiger charge is 2.41. The molecule has 120 valence electrons. The summed E-state index contributed by atoms with van der Waals surface area (Å²) in [5.74, 6) is -1.01. The molecule has 0 heterocycles. The molecular weight excluding hydrogens is 289 g/mol. The number of rotatable bonds is 5. The van der Waals surface area contributed by atoms with E-state index in [0.717, 1.165) is 19.3 Å². The number of ether oxygens (including phenoxy) is 2. The van der Waals surface area contributed by atoms with E-state index in [0.29, 0.717) is 12.8 Å². The maximum absolute atomic E-state index is 13.0. The Balaban J connectivity index is 1.95. The van der Waals surface area contributed by atoms with Crippen molar-refractivity contribution in [3.05, 3.63) is 30.1 Å². The Bertz CT molecular complexity index is 541. The molecule has 1 N–H and O–H groups in total. The molecule has 1 aromatic carbocycles. The maximum Gasteiger partial charge on any atom is 0.331 e. The van der Waals surface area contributed by atoms with Gasteiger partial charge in [-0.1, -0.05) is 25.3 Å². The van der Waals surface area contributed by atoms with Gasteiger partial charge < -0.3 is 14.8 Å². The second-order valence-corrected chi connectivity index (χ2v) is 5.43. The average Bonchev–Trinajstić information content (AvgIpc) is 2.53. The number of nitrogens with one attached hydrogen (secondary N) is 1. The maximum atomic E-state index is 13.0. The molecule has 0 bridgehead atoms. The van der Waals surface area contributed by atoms with Crippen molar-refractivity contribution in [2.45, 2.75) is 37.6 Å². The van der Waals surface area contributed by atoms with Crippen LogP contribution in [0.5, 0.6) is 5.75 Å². The second kappa shape index (κ2) is 7.24. The minimum Gasteiger partial charge on any atom is -0.484 e. The van der Waals surface area contributed by atoms with Crippen LogP contribution in [0.4, 0.5) is 4.39 Å². The van der Waals surface area contributed by atoms with E-state index >= 15 is 0 Å². The summed E-state index contributed by atoms with van der Waals surface area (Å²) in [5.41, 5.74) is -0.963. The minimum absolute atomic E-state index is 0.269. The Labute approximate surface area is 128 Å². The molecule has 1 amide bonds. The summed E-state index contributed by atoms with van der Waals surface area (Å²) in [6.45, 7) is -0.276. The van der Waals surface area contributed by atoms with E-state index in [1.807, 2.05) is 0 Å². The highest BCUT2D eigenvalue weighted by Crippen LogP contribution is 2.29. The van der Waals surface area contributed by atoms with Crippen LogP contribution in [0.2, 0.25) is 0 Å². The third kappa shape index (κ3) is 3.96. The summed E-state index contributed by atoms with van der Waals surface area (Å²) >= 11 is 0. The van der Waals surface area contributed by atoms with Gasteiger partial charge >= 0.3 is 5.97 Å². The molecule has 0 atom stereocenters. The molecule has 2 rings (SSSR count). The van der Waals surface area contributed by atoms with Crippen molar-refractivity contribution in [1.82, 2.24) is 5.32 Å². The minimum atomic E-state index is -0.963. The standard InChI is InChI=1S/C16H20FNO4/c1-21-15(20)16(8-3-2-4-9-16)18-14(19)11-22-13-7-5-6-12(17)10-13/h5-7,10H,2-4,8-9,11H2,1H3,(H,18,19). The Hall–Kier alpha value is -2.11. The first-order valence-corrected chi connectivity index (χ1v) is 7.33. The first-order chi connectivity index (χ1) is 10.6.